The summed E-state index contributed by atoms with van der Waals surface area (Å²) in [6.07, 6.45) is -1.67. The lowest BCUT2D eigenvalue weighted by atomic mass is 9.80. The van der Waals surface area contributed by atoms with Crippen LogP contribution in [0, 0.1) is 18.2 Å². The Balaban J connectivity index is 1.44. The number of nitrogens with one attached hydrogen (secondary N) is 2. The minimum Gasteiger partial charge on any atom is -0.497 e. The molecule has 206 valence electrons. The Morgan fingerprint density at radius 1 is 1.13 bits per heavy atom. The molecule has 0 saturated carbocycles. The summed E-state index contributed by atoms with van der Waals surface area (Å²) in [4.78, 5) is 34.0. The molecule has 1 atom stereocenters. The molecular formula is C27H26F4N4O4. The summed E-state index contributed by atoms with van der Waals surface area (Å²) in [5, 5.41) is 5.26. The van der Waals surface area contributed by atoms with Crippen LogP contribution in [-0.4, -0.2) is 42.0 Å². The number of anilines is 2. The first-order valence-electron chi connectivity index (χ1n) is 12.0. The van der Waals surface area contributed by atoms with E-state index in [0.29, 0.717) is 18.9 Å². The third kappa shape index (κ3) is 6.51. The minimum atomic E-state index is -4.66. The summed E-state index contributed by atoms with van der Waals surface area (Å²) in [5.41, 5.74) is -1.87. The number of rotatable bonds is 9. The second-order valence-corrected chi connectivity index (χ2v) is 9.22. The summed E-state index contributed by atoms with van der Waals surface area (Å²) in [7, 11) is 1.26. The number of Topliss-reactive ketones (excluding diaryl/α,β-unsaturated/α-hetero) is 1. The first kappa shape index (κ1) is 28.0. The standard InChI is InChI=1S/C27H26F4N4O4/c1-16-32-13-18(14-33-16)24(36)11-26(7-8-39-15-26)25(37)34-12-17-3-4-19(9-22(17)28)35-23-6-5-20(38-2)10-21(23)27(29,30)31/h3-6,9-10,13-14,35H,7-8,11-12,15H2,1-2H3,(H,34,37)/t26-/m0/s1. The van der Waals surface area contributed by atoms with Crippen molar-refractivity contribution in [3.05, 3.63) is 77.1 Å². The van der Waals surface area contributed by atoms with Crippen LogP contribution in [0.4, 0.5) is 28.9 Å². The Bertz CT molecular complexity index is 1360. The van der Waals surface area contributed by atoms with Crippen LogP contribution in [0.15, 0.2) is 48.8 Å². The molecule has 0 radical (unpaired) electrons. The summed E-state index contributed by atoms with van der Waals surface area (Å²) in [5.74, 6) is -0.960. The number of halogens is 4. The smallest absolute Gasteiger partial charge is 0.418 e. The minimum absolute atomic E-state index is 0.0319. The number of benzene rings is 2. The SMILES string of the molecule is COc1ccc(Nc2ccc(CNC(=O)[C@]3(CC(=O)c4cnc(C)nc4)CCOC3)c(F)c2)c(C(F)(F)F)c1. The molecule has 4 rings (SSSR count). The first-order valence-corrected chi connectivity index (χ1v) is 12.0. The highest BCUT2D eigenvalue weighted by Crippen LogP contribution is 2.38. The number of hydrogen-bond acceptors (Lipinski definition) is 7. The molecule has 3 aromatic rings. The van der Waals surface area contributed by atoms with Crippen LogP contribution < -0.4 is 15.4 Å². The number of carbonyl (C=O) groups is 2. The highest BCUT2D eigenvalue weighted by atomic mass is 19.4. The van der Waals surface area contributed by atoms with E-state index in [2.05, 4.69) is 20.6 Å². The average molecular weight is 547 g/mol. The van der Waals surface area contributed by atoms with E-state index in [1.165, 1.54) is 43.8 Å². The van der Waals surface area contributed by atoms with Gasteiger partial charge in [-0.25, -0.2) is 14.4 Å². The molecule has 2 heterocycles. The van der Waals surface area contributed by atoms with E-state index in [1.807, 2.05) is 0 Å². The summed E-state index contributed by atoms with van der Waals surface area (Å²) < 4.78 is 65.6. The van der Waals surface area contributed by atoms with Crippen molar-refractivity contribution in [2.24, 2.45) is 5.41 Å². The quantitative estimate of drug-likeness (QED) is 0.288. The van der Waals surface area contributed by atoms with Crippen molar-refractivity contribution in [2.75, 3.05) is 25.6 Å². The van der Waals surface area contributed by atoms with E-state index >= 15 is 0 Å². The second kappa shape index (κ2) is 11.4. The van der Waals surface area contributed by atoms with Gasteiger partial charge in [-0.15, -0.1) is 0 Å². The normalized spacial score (nSPS) is 17.1. The van der Waals surface area contributed by atoms with Crippen molar-refractivity contribution in [3.63, 3.8) is 0 Å². The number of aromatic nitrogens is 2. The average Bonchev–Trinajstić information content (AvgIpc) is 3.37. The Morgan fingerprint density at radius 3 is 2.49 bits per heavy atom. The second-order valence-electron chi connectivity index (χ2n) is 9.22. The maximum atomic E-state index is 14.9. The topological polar surface area (TPSA) is 102 Å². The summed E-state index contributed by atoms with van der Waals surface area (Å²) in [6, 6.07) is 7.21. The van der Waals surface area contributed by atoms with Gasteiger partial charge in [-0.1, -0.05) is 6.07 Å². The number of amides is 1. The predicted molar refractivity (Wildman–Crippen MR) is 133 cm³/mol. The van der Waals surface area contributed by atoms with Crippen molar-refractivity contribution in [3.8, 4) is 5.75 Å². The van der Waals surface area contributed by atoms with Gasteiger partial charge >= 0.3 is 6.18 Å². The molecule has 39 heavy (non-hydrogen) atoms. The molecule has 0 aliphatic carbocycles. The highest BCUT2D eigenvalue weighted by molar-refractivity contribution is 5.99. The number of methoxy groups -OCH3 is 1. The van der Waals surface area contributed by atoms with Gasteiger partial charge in [-0.05, 0) is 43.7 Å². The van der Waals surface area contributed by atoms with E-state index < -0.39 is 28.9 Å². The van der Waals surface area contributed by atoms with E-state index in [4.69, 9.17) is 9.47 Å². The lowest BCUT2D eigenvalue weighted by Crippen LogP contribution is -2.42. The third-order valence-electron chi connectivity index (χ3n) is 6.49. The molecule has 1 aromatic heterocycles. The monoisotopic (exact) mass is 546 g/mol. The summed E-state index contributed by atoms with van der Waals surface area (Å²) in [6.45, 7) is 1.83. The van der Waals surface area contributed by atoms with Crippen LogP contribution in [0.25, 0.3) is 0 Å². The number of alkyl halides is 3. The number of ether oxygens (including phenoxy) is 2. The Morgan fingerprint density at radius 2 is 1.87 bits per heavy atom. The molecule has 1 aliphatic rings. The van der Waals surface area contributed by atoms with Crippen LogP contribution >= 0.6 is 0 Å². The molecule has 0 spiro atoms. The van der Waals surface area contributed by atoms with Gasteiger partial charge in [0.25, 0.3) is 0 Å². The largest absolute Gasteiger partial charge is 0.497 e. The van der Waals surface area contributed by atoms with Gasteiger partial charge in [0.05, 0.1) is 35.9 Å². The maximum absolute atomic E-state index is 14.9. The first-order chi connectivity index (χ1) is 18.5. The van der Waals surface area contributed by atoms with Crippen molar-refractivity contribution in [2.45, 2.75) is 32.5 Å². The third-order valence-corrected chi connectivity index (χ3v) is 6.49. The van der Waals surface area contributed by atoms with Gasteiger partial charge in [0.1, 0.15) is 17.4 Å². The molecule has 12 heteroatoms. The fourth-order valence-corrected chi connectivity index (χ4v) is 4.23. The summed E-state index contributed by atoms with van der Waals surface area (Å²) >= 11 is 0. The van der Waals surface area contributed by atoms with Crippen LogP contribution in [0.3, 0.4) is 0 Å². The fourth-order valence-electron chi connectivity index (χ4n) is 4.23. The van der Waals surface area contributed by atoms with Gasteiger partial charge in [0.2, 0.25) is 5.91 Å². The molecule has 1 amide bonds. The van der Waals surface area contributed by atoms with Crippen molar-refractivity contribution in [1.82, 2.24) is 15.3 Å². The van der Waals surface area contributed by atoms with Crippen LogP contribution in [0.2, 0.25) is 0 Å². The van der Waals surface area contributed by atoms with E-state index in [-0.39, 0.29) is 53.6 Å². The molecule has 0 unspecified atom stereocenters. The number of ketones is 1. The molecular weight excluding hydrogens is 520 g/mol. The van der Waals surface area contributed by atoms with E-state index in [1.54, 1.807) is 6.92 Å². The fraction of sp³-hybridized carbons (Fsp3) is 0.333. The molecule has 1 fully saturated rings. The molecule has 2 N–H and O–H groups in total. The maximum Gasteiger partial charge on any atom is 0.418 e. The van der Waals surface area contributed by atoms with Gasteiger partial charge < -0.3 is 20.1 Å². The zero-order chi connectivity index (χ0) is 28.2. The van der Waals surface area contributed by atoms with Gasteiger partial charge in [-0.2, -0.15) is 13.2 Å². The number of aryl methyl sites for hydroxylation is 1. The highest BCUT2D eigenvalue weighted by Gasteiger charge is 2.44. The van der Waals surface area contributed by atoms with Crippen molar-refractivity contribution >= 4 is 23.1 Å². The van der Waals surface area contributed by atoms with Crippen LogP contribution in [0.5, 0.6) is 5.75 Å². The molecule has 0 bridgehead atoms. The zero-order valence-corrected chi connectivity index (χ0v) is 21.2. The van der Waals surface area contributed by atoms with Gasteiger partial charge in [0.15, 0.2) is 5.78 Å². The zero-order valence-electron chi connectivity index (χ0n) is 21.2. The predicted octanol–water partition coefficient (Wildman–Crippen LogP) is 4.99. The lowest BCUT2D eigenvalue weighted by Gasteiger charge is -2.25. The molecule has 1 saturated heterocycles. The van der Waals surface area contributed by atoms with Crippen molar-refractivity contribution in [1.29, 1.82) is 0 Å². The molecule has 1 aliphatic heterocycles. The Hall–Kier alpha value is -4.06. The van der Waals surface area contributed by atoms with Crippen LogP contribution in [0.1, 0.15) is 40.2 Å². The number of hydrogen-bond donors (Lipinski definition) is 2. The van der Waals surface area contributed by atoms with E-state index in [0.717, 1.165) is 12.1 Å². The van der Waals surface area contributed by atoms with Gasteiger partial charge in [0, 0.05) is 43.2 Å². The molecule has 2 aromatic carbocycles. The Kier molecular flexibility index (Phi) is 8.14. The Labute approximate surface area is 221 Å². The van der Waals surface area contributed by atoms with Crippen molar-refractivity contribution < 1.29 is 36.6 Å². The van der Waals surface area contributed by atoms with E-state index in [9.17, 15) is 27.2 Å². The molecule has 8 nitrogen and oxygen atoms in total. The lowest BCUT2D eigenvalue weighted by molar-refractivity contribution is -0.137. The van der Waals surface area contributed by atoms with Crippen LogP contribution in [-0.2, 0) is 22.3 Å². The number of nitrogens with zero attached hydrogens (tertiary/aromatic N) is 2. The number of carbonyl (C=O) groups excluding carboxylic acids is 2. The van der Waals surface area contributed by atoms with Gasteiger partial charge in [-0.3, -0.25) is 9.59 Å².